The van der Waals surface area contributed by atoms with Gasteiger partial charge in [-0.15, -0.1) is 0 Å². The van der Waals surface area contributed by atoms with Gasteiger partial charge in [-0.25, -0.2) is 0 Å². The molecule has 0 spiro atoms. The Labute approximate surface area is 166 Å². The molecule has 3 aromatic carbocycles. The monoisotopic (exact) mass is 408 g/mol. The van der Waals surface area contributed by atoms with Crippen molar-refractivity contribution < 1.29 is 4.74 Å². The zero-order valence-corrected chi connectivity index (χ0v) is 16.8. The molecule has 0 atom stereocenters. The van der Waals surface area contributed by atoms with Crippen molar-refractivity contribution in [2.24, 2.45) is 0 Å². The van der Waals surface area contributed by atoms with Crippen molar-refractivity contribution >= 4 is 38.4 Å². The van der Waals surface area contributed by atoms with Crippen LogP contribution in [0.1, 0.15) is 11.1 Å². The zero-order valence-electron chi connectivity index (χ0n) is 14.7. The minimum absolute atomic E-state index is 0.557. The normalized spacial score (nSPS) is 16.0. The Morgan fingerprint density at radius 3 is 2.67 bits per heavy atom. The first-order chi connectivity index (χ1) is 13.3. The number of fused-ring (bicyclic) bond motifs is 5. The molecule has 0 aromatic heterocycles. The summed E-state index contributed by atoms with van der Waals surface area (Å²) < 4.78 is 7.08. The summed E-state index contributed by atoms with van der Waals surface area (Å²) in [4.78, 5) is 2.30. The van der Waals surface area contributed by atoms with Crippen LogP contribution in [-0.4, -0.2) is 23.2 Å². The van der Waals surface area contributed by atoms with Crippen LogP contribution in [0.3, 0.4) is 0 Å². The van der Waals surface area contributed by atoms with Gasteiger partial charge < -0.3 is 0 Å². The summed E-state index contributed by atoms with van der Waals surface area (Å²) in [6.45, 7) is 0.557. The molecule has 2 nitrogen and oxygen atoms in total. The van der Waals surface area contributed by atoms with Gasteiger partial charge in [0, 0.05) is 0 Å². The van der Waals surface area contributed by atoms with Crippen LogP contribution in [0.5, 0.6) is 0 Å². The Morgan fingerprint density at radius 1 is 0.926 bits per heavy atom. The molecule has 27 heavy (non-hydrogen) atoms. The summed E-state index contributed by atoms with van der Waals surface area (Å²) in [5.74, 6) is 0. The Balaban J connectivity index is 1.60. The van der Waals surface area contributed by atoms with Gasteiger partial charge >= 0.3 is 160 Å². The molecule has 3 heteroatoms. The first-order valence-corrected chi connectivity index (χ1v) is 10.2. The second-order valence-electron chi connectivity index (χ2n) is 7.27. The van der Waals surface area contributed by atoms with Gasteiger partial charge in [0.05, 0.1) is 0 Å². The summed E-state index contributed by atoms with van der Waals surface area (Å²) in [7, 11) is 0. The van der Waals surface area contributed by atoms with Crippen molar-refractivity contribution in [3.05, 3.63) is 94.1 Å². The third-order valence-electron chi connectivity index (χ3n) is 5.66. The van der Waals surface area contributed by atoms with E-state index in [9.17, 15) is 0 Å². The quantitative estimate of drug-likeness (QED) is 0.450. The van der Waals surface area contributed by atoms with Crippen molar-refractivity contribution in [1.29, 1.82) is 0 Å². The third-order valence-corrected chi connectivity index (χ3v) is 6.35. The molecule has 3 aromatic rings. The molecule has 0 saturated heterocycles. The fraction of sp³-hybridized carbons (Fsp3) is 0.0833. The number of anilines is 1. The van der Waals surface area contributed by atoms with Gasteiger partial charge in [0.15, 0.2) is 0 Å². The molecule has 3 aliphatic rings. The number of benzene rings is 3. The van der Waals surface area contributed by atoms with Crippen LogP contribution in [0.15, 0.2) is 72.5 Å². The topological polar surface area (TPSA) is 12.5 Å². The summed E-state index contributed by atoms with van der Waals surface area (Å²) in [6, 6.07) is 22.1. The van der Waals surface area contributed by atoms with E-state index in [2.05, 4.69) is 88.2 Å². The fourth-order valence-electron chi connectivity index (χ4n) is 4.42. The van der Waals surface area contributed by atoms with Crippen LogP contribution in [0.4, 0.5) is 5.69 Å². The van der Waals surface area contributed by atoms with E-state index < -0.39 is 0 Å². The Morgan fingerprint density at radius 2 is 1.78 bits per heavy atom. The van der Waals surface area contributed by atoms with Gasteiger partial charge in [-0.05, 0) is 0 Å². The van der Waals surface area contributed by atoms with E-state index in [1.165, 1.54) is 54.0 Å². The van der Waals surface area contributed by atoms with E-state index in [0.29, 0.717) is 6.73 Å². The average Bonchev–Trinajstić information content (AvgIpc) is 3.24. The van der Waals surface area contributed by atoms with Crippen LogP contribution < -0.4 is 19.7 Å². The SMILES string of the molecule is [Ge][c]1ccc(N2COC=C3Cc4cc5c(cc4=C32)-c2ccccc2C=5)cc1. The number of nitrogens with zero attached hydrogens (tertiary/aromatic N) is 1. The summed E-state index contributed by atoms with van der Waals surface area (Å²) in [6.07, 6.45) is 5.19. The number of hydrogen-bond acceptors (Lipinski definition) is 2. The maximum atomic E-state index is 5.80. The van der Waals surface area contributed by atoms with Gasteiger partial charge in [-0.1, -0.05) is 6.07 Å². The van der Waals surface area contributed by atoms with E-state index in [4.69, 9.17) is 4.74 Å². The molecule has 1 heterocycles. The Hall–Kier alpha value is -2.72. The first-order valence-electron chi connectivity index (χ1n) is 9.16. The van der Waals surface area contributed by atoms with Crippen molar-refractivity contribution in [3.63, 3.8) is 0 Å². The summed E-state index contributed by atoms with van der Waals surface area (Å²) >= 11 is 2.12. The van der Waals surface area contributed by atoms with Crippen LogP contribution in [0.25, 0.3) is 22.9 Å². The van der Waals surface area contributed by atoms with E-state index in [1.54, 1.807) is 0 Å². The van der Waals surface area contributed by atoms with Gasteiger partial charge in [-0.2, -0.15) is 0 Å². The Bertz CT molecular complexity index is 1250. The molecule has 0 bridgehead atoms. The first kappa shape index (κ1) is 15.4. The maximum absolute atomic E-state index is 5.80. The molecular formula is C24H16GeNO. The summed E-state index contributed by atoms with van der Waals surface area (Å²) in [5, 5.41) is 2.67. The molecule has 2 aliphatic carbocycles. The molecule has 0 fully saturated rings. The van der Waals surface area contributed by atoms with Gasteiger partial charge in [0.1, 0.15) is 0 Å². The second-order valence-corrected chi connectivity index (χ2v) is 8.48. The predicted octanol–water partition coefficient (Wildman–Crippen LogP) is 2.33. The molecule has 6 rings (SSSR count). The van der Waals surface area contributed by atoms with E-state index >= 15 is 0 Å². The molecule has 1 aliphatic heterocycles. The van der Waals surface area contributed by atoms with Crippen LogP contribution >= 0.6 is 0 Å². The van der Waals surface area contributed by atoms with Crippen LogP contribution in [0.2, 0.25) is 0 Å². The number of rotatable bonds is 1. The molecule has 0 saturated carbocycles. The zero-order chi connectivity index (χ0) is 18.0. The van der Waals surface area contributed by atoms with Gasteiger partial charge in [0.2, 0.25) is 0 Å². The number of ether oxygens (including phenoxy) is 1. The van der Waals surface area contributed by atoms with Crippen molar-refractivity contribution in [3.8, 4) is 11.1 Å². The van der Waals surface area contributed by atoms with Crippen LogP contribution in [-0.2, 0) is 11.2 Å². The van der Waals surface area contributed by atoms with Crippen LogP contribution in [0, 0.1) is 0 Å². The van der Waals surface area contributed by atoms with Crippen molar-refractivity contribution in [1.82, 2.24) is 0 Å². The standard InChI is InChI=1S/C24H16GeNO/c25-19-5-7-20(8-6-19)26-14-27-13-18-11-17-10-16-9-15-3-1-2-4-21(15)22(16)12-23(17)24(18)26/h1-10,12-13H,11,14H2. The molecule has 0 amide bonds. The average molecular weight is 407 g/mol. The Kier molecular flexibility index (Phi) is 3.21. The molecule has 0 unspecified atom stereocenters. The number of hydrogen-bond donors (Lipinski definition) is 0. The second kappa shape index (κ2) is 5.64. The van der Waals surface area contributed by atoms with Crippen molar-refractivity contribution in [2.75, 3.05) is 11.6 Å². The summed E-state index contributed by atoms with van der Waals surface area (Å²) in [5.41, 5.74) is 9.14. The molecular weight excluding hydrogens is 391 g/mol. The van der Waals surface area contributed by atoms with E-state index in [-0.39, 0.29) is 0 Å². The van der Waals surface area contributed by atoms with Gasteiger partial charge in [-0.3, -0.25) is 0 Å². The molecule has 127 valence electrons. The fourth-order valence-corrected chi connectivity index (χ4v) is 4.77. The molecule has 0 N–H and O–H groups in total. The van der Waals surface area contributed by atoms with Gasteiger partial charge in [0.25, 0.3) is 0 Å². The minimum atomic E-state index is 0.557. The molecule has 3 radical (unpaired) electrons. The van der Waals surface area contributed by atoms with E-state index in [1.807, 2.05) is 6.26 Å². The van der Waals surface area contributed by atoms with E-state index in [0.717, 1.165) is 6.42 Å². The third kappa shape index (κ3) is 2.26. The van der Waals surface area contributed by atoms with Crippen molar-refractivity contribution in [2.45, 2.75) is 6.42 Å². The predicted molar refractivity (Wildman–Crippen MR) is 110 cm³/mol.